The van der Waals surface area contributed by atoms with E-state index in [1.54, 1.807) is 69.3 Å². The lowest BCUT2D eigenvalue weighted by atomic mass is 9.83. The number of nitrogens with zero attached hydrogens (tertiary/aromatic N) is 1. The summed E-state index contributed by atoms with van der Waals surface area (Å²) in [5.41, 5.74) is -4.00. The Morgan fingerprint density at radius 1 is 1.06 bits per heavy atom. The molecule has 0 amide bonds. The van der Waals surface area contributed by atoms with Gasteiger partial charge in [-0.2, -0.15) is 26.9 Å². The fourth-order valence-corrected chi connectivity index (χ4v) is 6.30. The molecule has 3 unspecified atom stereocenters. The van der Waals surface area contributed by atoms with Gasteiger partial charge >= 0.3 is 6.18 Å². The maximum absolute atomic E-state index is 14.0. The van der Waals surface area contributed by atoms with Crippen molar-refractivity contribution in [1.29, 1.82) is 5.26 Å². The average molecular weight is 581 g/mol. The first-order chi connectivity index (χ1) is 15.5. The Hall–Kier alpha value is -1.80. The quantitative estimate of drug-likeness (QED) is 0.275. The molecule has 0 heterocycles. The predicted molar refractivity (Wildman–Crippen MR) is 125 cm³/mol. The van der Waals surface area contributed by atoms with Crippen LogP contribution in [0.4, 0.5) is 13.2 Å². The van der Waals surface area contributed by atoms with Gasteiger partial charge in [-0.1, -0.05) is 78.6 Å². The summed E-state index contributed by atoms with van der Waals surface area (Å²) in [6, 6.07) is 17.4. The third-order valence-corrected chi connectivity index (χ3v) is 8.72. The summed E-state index contributed by atoms with van der Waals surface area (Å²) < 4.78 is 73.4. The van der Waals surface area contributed by atoms with Gasteiger partial charge in [0.25, 0.3) is 10.1 Å². The first-order valence-corrected chi connectivity index (χ1v) is 13.0. The van der Waals surface area contributed by atoms with Crippen LogP contribution in [0.1, 0.15) is 26.3 Å². The highest BCUT2D eigenvalue weighted by Gasteiger charge is 2.88. The number of hydrogen-bond acceptors (Lipinski definition) is 5. The van der Waals surface area contributed by atoms with Crippen molar-refractivity contribution in [2.45, 2.75) is 42.2 Å². The number of rotatable bonds is 7. The Bertz CT molecular complexity index is 1230. The van der Waals surface area contributed by atoms with Gasteiger partial charge in [0, 0.05) is 5.41 Å². The molecular weight excluding hydrogens is 559 g/mol. The molecule has 2 aromatic carbocycles. The van der Waals surface area contributed by atoms with Crippen LogP contribution in [-0.2, 0) is 19.7 Å². The number of nitriles is 1. The molecule has 0 radical (unpaired) electrons. The van der Waals surface area contributed by atoms with Gasteiger partial charge in [-0.15, -0.1) is 0 Å². The Labute approximate surface area is 210 Å². The SMILES string of the molecule is CC1(C)C(C#N)(C(OS(C)(=O)=O)C(Cl)(Br)C(F)(F)F)[C@@]1(C)c1cccc(Oc2ccccc2)c1. The average Bonchev–Trinajstić information content (AvgIpc) is 3.13. The minimum absolute atomic E-state index is 0.395. The zero-order chi connectivity index (χ0) is 25.8. The molecule has 3 rings (SSSR count). The van der Waals surface area contributed by atoms with E-state index in [1.807, 2.05) is 12.1 Å². The van der Waals surface area contributed by atoms with E-state index < -0.39 is 42.4 Å². The van der Waals surface area contributed by atoms with Gasteiger partial charge in [-0.05, 0) is 35.2 Å². The molecule has 0 bridgehead atoms. The summed E-state index contributed by atoms with van der Waals surface area (Å²) in [4.78, 5) is 0. The van der Waals surface area contributed by atoms with Crippen molar-refractivity contribution < 1.29 is 30.5 Å². The third kappa shape index (κ3) is 4.00. The van der Waals surface area contributed by atoms with E-state index >= 15 is 0 Å². The van der Waals surface area contributed by atoms with E-state index in [0.29, 0.717) is 23.3 Å². The first-order valence-electron chi connectivity index (χ1n) is 10.0. The van der Waals surface area contributed by atoms with Crippen molar-refractivity contribution in [3.05, 3.63) is 60.2 Å². The van der Waals surface area contributed by atoms with Crippen LogP contribution in [0.15, 0.2) is 54.6 Å². The highest BCUT2D eigenvalue weighted by atomic mass is 79.9. The maximum Gasteiger partial charge on any atom is 0.420 e. The number of alkyl halides is 5. The molecule has 1 fully saturated rings. The maximum atomic E-state index is 14.0. The highest BCUT2D eigenvalue weighted by molar-refractivity contribution is 9.10. The van der Waals surface area contributed by atoms with Crippen molar-refractivity contribution in [3.63, 3.8) is 0 Å². The van der Waals surface area contributed by atoms with Crippen molar-refractivity contribution in [2.75, 3.05) is 6.26 Å². The van der Waals surface area contributed by atoms with Crippen LogP contribution >= 0.6 is 27.5 Å². The van der Waals surface area contributed by atoms with Gasteiger partial charge in [0.15, 0.2) is 0 Å². The van der Waals surface area contributed by atoms with Crippen LogP contribution in [0.25, 0.3) is 0 Å². The van der Waals surface area contributed by atoms with Crippen LogP contribution in [0.5, 0.6) is 11.5 Å². The first kappa shape index (κ1) is 26.8. The molecule has 11 heteroatoms. The Morgan fingerprint density at radius 3 is 2.12 bits per heavy atom. The molecule has 184 valence electrons. The number of halogens is 5. The molecule has 0 N–H and O–H groups in total. The second-order valence-electron chi connectivity index (χ2n) is 8.91. The molecule has 34 heavy (non-hydrogen) atoms. The molecule has 0 aliphatic heterocycles. The number of para-hydroxylation sites is 1. The van der Waals surface area contributed by atoms with Gasteiger partial charge in [-0.25, -0.2) is 0 Å². The topological polar surface area (TPSA) is 76.4 Å². The summed E-state index contributed by atoms with van der Waals surface area (Å²) in [6.45, 7) is 4.75. The van der Waals surface area contributed by atoms with Crippen LogP contribution in [-0.4, -0.2) is 30.7 Å². The standard InChI is InChI=1S/C23H22BrClF3NO4S/c1-19(2)20(3,15-9-8-12-17(13-15)32-16-10-6-5-7-11-16)21(19,14-29)18(33-34(4,30)31)22(24,25)23(26,27)28/h5-13,18H,1-4H3/t18?,20-,21?,22?/m0/s1. The Morgan fingerprint density at radius 2 is 1.62 bits per heavy atom. The summed E-state index contributed by atoms with van der Waals surface area (Å²) in [6.07, 6.45) is -6.84. The second-order valence-corrected chi connectivity index (χ2v) is 12.8. The van der Waals surface area contributed by atoms with Gasteiger partial charge in [0.05, 0.1) is 12.3 Å². The number of benzene rings is 2. The van der Waals surface area contributed by atoms with E-state index in [1.165, 1.54) is 0 Å². The molecule has 0 spiro atoms. The lowest BCUT2D eigenvalue weighted by Gasteiger charge is -2.36. The monoisotopic (exact) mass is 579 g/mol. The minimum Gasteiger partial charge on any atom is -0.457 e. The molecule has 1 aliphatic rings. The summed E-state index contributed by atoms with van der Waals surface area (Å²) in [7, 11) is -4.44. The molecule has 1 aliphatic carbocycles. The van der Waals surface area contributed by atoms with Crippen molar-refractivity contribution in [1.82, 2.24) is 0 Å². The fourth-order valence-electron chi connectivity index (χ4n) is 4.84. The molecule has 1 saturated carbocycles. The molecule has 2 aromatic rings. The van der Waals surface area contributed by atoms with Crippen molar-refractivity contribution in [2.24, 2.45) is 10.8 Å². The van der Waals surface area contributed by atoms with Gasteiger partial charge in [-0.3, -0.25) is 4.18 Å². The number of hydrogen-bond donors (Lipinski definition) is 0. The van der Waals surface area contributed by atoms with Gasteiger partial charge in [0.1, 0.15) is 23.0 Å². The minimum atomic E-state index is -5.15. The lowest BCUT2D eigenvalue weighted by molar-refractivity contribution is -0.160. The molecule has 4 atom stereocenters. The van der Waals surface area contributed by atoms with Gasteiger partial charge < -0.3 is 4.74 Å². The smallest absolute Gasteiger partial charge is 0.420 e. The van der Waals surface area contributed by atoms with Crippen LogP contribution in [0, 0.1) is 22.2 Å². The Kier molecular flexibility index (Phi) is 6.62. The summed E-state index contributed by atoms with van der Waals surface area (Å²) in [5, 5.41) is 10.3. The van der Waals surface area contributed by atoms with E-state index in [4.69, 9.17) is 20.5 Å². The zero-order valence-corrected chi connectivity index (χ0v) is 21.8. The molecular formula is C23H22BrClF3NO4S. The van der Waals surface area contributed by atoms with Crippen LogP contribution in [0.2, 0.25) is 0 Å². The largest absolute Gasteiger partial charge is 0.457 e. The van der Waals surface area contributed by atoms with E-state index in [9.17, 15) is 26.9 Å². The molecule has 0 aromatic heterocycles. The summed E-state index contributed by atoms with van der Waals surface area (Å²) in [5.74, 6) is 0.939. The molecule has 0 saturated heterocycles. The van der Waals surface area contributed by atoms with Crippen molar-refractivity contribution in [3.8, 4) is 17.6 Å². The van der Waals surface area contributed by atoms with Crippen molar-refractivity contribution >= 4 is 37.6 Å². The highest BCUT2D eigenvalue weighted by Crippen LogP contribution is 2.81. The Balaban J connectivity index is 2.17. The van der Waals surface area contributed by atoms with E-state index in [0.717, 1.165) is 0 Å². The lowest BCUT2D eigenvalue weighted by Crippen LogP contribution is -2.53. The van der Waals surface area contributed by atoms with Crippen LogP contribution in [0.3, 0.4) is 0 Å². The number of ether oxygens (including phenoxy) is 1. The predicted octanol–water partition coefficient (Wildman–Crippen LogP) is 6.52. The van der Waals surface area contributed by atoms with E-state index in [-0.39, 0.29) is 0 Å². The third-order valence-electron chi connectivity index (χ3n) is 6.90. The zero-order valence-electron chi connectivity index (χ0n) is 18.7. The second kappa shape index (κ2) is 8.40. The molecule has 5 nitrogen and oxygen atoms in total. The summed E-state index contributed by atoms with van der Waals surface area (Å²) >= 11 is 8.34. The van der Waals surface area contributed by atoms with Gasteiger partial charge in [0.2, 0.25) is 3.78 Å². The van der Waals surface area contributed by atoms with E-state index in [2.05, 4.69) is 15.9 Å². The normalized spacial score (nSPS) is 26.7. The van der Waals surface area contributed by atoms with Crippen LogP contribution < -0.4 is 4.74 Å². The fraction of sp³-hybridized carbons (Fsp3) is 0.435.